The van der Waals surface area contributed by atoms with Crippen molar-refractivity contribution in [1.82, 2.24) is 9.55 Å². The van der Waals surface area contributed by atoms with Crippen molar-refractivity contribution in [3.63, 3.8) is 0 Å². The van der Waals surface area contributed by atoms with E-state index >= 15 is 0 Å². The second-order valence-electron chi connectivity index (χ2n) is 5.55. The van der Waals surface area contributed by atoms with Crippen LogP contribution < -0.4 is 15.2 Å². The molecule has 0 spiro atoms. The van der Waals surface area contributed by atoms with E-state index in [9.17, 15) is 0 Å². The van der Waals surface area contributed by atoms with Crippen molar-refractivity contribution in [2.45, 2.75) is 13.5 Å². The monoisotopic (exact) mass is 325 g/mol. The van der Waals surface area contributed by atoms with Crippen molar-refractivity contribution < 1.29 is 9.47 Å². The quantitative estimate of drug-likeness (QED) is 0.750. The highest BCUT2D eigenvalue weighted by atomic mass is 32.1. The van der Waals surface area contributed by atoms with E-state index in [0.29, 0.717) is 17.3 Å². The van der Waals surface area contributed by atoms with Crippen LogP contribution in [0, 0.1) is 6.92 Å². The van der Waals surface area contributed by atoms with Crippen LogP contribution in [0.1, 0.15) is 5.56 Å². The number of aromatic nitrogens is 2. The van der Waals surface area contributed by atoms with E-state index in [4.69, 9.17) is 32.4 Å². The minimum Gasteiger partial charge on any atom is -0.454 e. The molecule has 0 atom stereocenters. The molecule has 4 rings (SSSR count). The molecular weight excluding hydrogens is 310 g/mol. The van der Waals surface area contributed by atoms with Gasteiger partial charge in [0.2, 0.25) is 6.79 Å². The van der Waals surface area contributed by atoms with E-state index in [1.54, 1.807) is 0 Å². The van der Waals surface area contributed by atoms with Crippen LogP contribution in [0.5, 0.6) is 11.5 Å². The van der Waals surface area contributed by atoms with Crippen molar-refractivity contribution in [2.75, 3.05) is 6.79 Å². The van der Waals surface area contributed by atoms with Crippen LogP contribution in [0.15, 0.2) is 36.4 Å². The summed E-state index contributed by atoms with van der Waals surface area (Å²) in [5.74, 6) is 2.27. The number of ether oxygens (including phenoxy) is 2. The molecule has 1 aliphatic heterocycles. The number of benzene rings is 2. The zero-order valence-electron chi connectivity index (χ0n) is 12.6. The molecule has 0 bridgehead atoms. The predicted molar refractivity (Wildman–Crippen MR) is 92.8 cm³/mol. The minimum absolute atomic E-state index is 0.238. The molecule has 1 aromatic heterocycles. The van der Waals surface area contributed by atoms with Crippen LogP contribution >= 0.6 is 12.2 Å². The first-order valence-corrected chi connectivity index (χ1v) is 7.68. The van der Waals surface area contributed by atoms with E-state index in [0.717, 1.165) is 28.2 Å². The number of thiocarbonyl (C=S) groups is 1. The van der Waals surface area contributed by atoms with Gasteiger partial charge < -0.3 is 19.8 Å². The van der Waals surface area contributed by atoms with Gasteiger partial charge in [0.25, 0.3) is 0 Å². The fourth-order valence-corrected chi connectivity index (χ4v) is 2.88. The molecule has 5 nitrogen and oxygen atoms in total. The molecular formula is C17H15N3O2S. The number of hydrogen-bond donors (Lipinski definition) is 1. The summed E-state index contributed by atoms with van der Waals surface area (Å²) in [5.41, 5.74) is 9.77. The summed E-state index contributed by atoms with van der Waals surface area (Å²) in [6.45, 7) is 2.72. The lowest BCUT2D eigenvalue weighted by molar-refractivity contribution is 0.174. The highest BCUT2D eigenvalue weighted by Crippen LogP contribution is 2.37. The Labute approximate surface area is 138 Å². The number of fused-ring (bicyclic) bond motifs is 2. The van der Waals surface area contributed by atoms with Gasteiger partial charge >= 0.3 is 0 Å². The van der Waals surface area contributed by atoms with Crippen molar-refractivity contribution in [1.29, 1.82) is 0 Å². The van der Waals surface area contributed by atoms with Crippen LogP contribution in [-0.4, -0.2) is 21.3 Å². The van der Waals surface area contributed by atoms with Gasteiger partial charge in [-0.2, -0.15) is 0 Å². The van der Waals surface area contributed by atoms with Gasteiger partial charge in [-0.1, -0.05) is 42.0 Å². The summed E-state index contributed by atoms with van der Waals surface area (Å²) in [5, 5.41) is 0. The predicted octanol–water partition coefficient (Wildman–Crippen LogP) is 3.03. The van der Waals surface area contributed by atoms with E-state index in [1.165, 1.54) is 5.56 Å². The molecule has 1 aliphatic rings. The highest BCUT2D eigenvalue weighted by Gasteiger charge is 2.20. The van der Waals surface area contributed by atoms with E-state index < -0.39 is 0 Å². The van der Waals surface area contributed by atoms with Gasteiger partial charge in [-0.15, -0.1) is 0 Å². The average Bonchev–Trinajstić information content (AvgIpc) is 3.10. The van der Waals surface area contributed by atoms with Crippen LogP contribution in [0.2, 0.25) is 0 Å². The summed E-state index contributed by atoms with van der Waals surface area (Å²) >= 11 is 5.11. The summed E-state index contributed by atoms with van der Waals surface area (Å²) in [7, 11) is 0. The molecule has 2 N–H and O–H groups in total. The maximum atomic E-state index is 5.79. The fourth-order valence-electron chi connectivity index (χ4n) is 2.75. The van der Waals surface area contributed by atoms with Gasteiger partial charge in [0.05, 0.1) is 22.6 Å². The van der Waals surface area contributed by atoms with Gasteiger partial charge in [-0.25, -0.2) is 4.98 Å². The third kappa shape index (κ3) is 2.41. The molecule has 0 aliphatic carbocycles. The molecule has 0 radical (unpaired) electrons. The van der Waals surface area contributed by atoms with Crippen LogP contribution in [0.25, 0.3) is 22.4 Å². The van der Waals surface area contributed by atoms with Crippen LogP contribution in [-0.2, 0) is 6.54 Å². The van der Waals surface area contributed by atoms with Gasteiger partial charge in [0.1, 0.15) is 5.82 Å². The summed E-state index contributed by atoms with van der Waals surface area (Å²) in [6.07, 6.45) is 0. The molecule has 0 saturated heterocycles. The minimum atomic E-state index is 0.238. The second-order valence-corrected chi connectivity index (χ2v) is 6.07. The third-order valence-electron chi connectivity index (χ3n) is 3.87. The highest BCUT2D eigenvalue weighted by molar-refractivity contribution is 7.80. The number of nitrogens with zero attached hydrogens (tertiary/aromatic N) is 2. The Kier molecular flexibility index (Phi) is 3.20. The van der Waals surface area contributed by atoms with Crippen molar-refractivity contribution >= 4 is 28.2 Å². The van der Waals surface area contributed by atoms with Gasteiger partial charge in [0.15, 0.2) is 11.5 Å². The Bertz CT molecular complexity index is 916. The summed E-state index contributed by atoms with van der Waals surface area (Å²) in [4.78, 5) is 5.17. The molecule has 2 heterocycles. The van der Waals surface area contributed by atoms with Crippen molar-refractivity contribution in [2.24, 2.45) is 5.73 Å². The molecule has 3 aromatic rings. The van der Waals surface area contributed by atoms with E-state index in [1.807, 2.05) is 28.8 Å². The Morgan fingerprint density at radius 2 is 1.91 bits per heavy atom. The standard InChI is InChI=1S/C17H15N3O2S/c1-10-2-4-11(5-3-10)17-19-12-6-14-15(22-9-21-14)7-13(12)20(17)8-16(18)23/h2-7H,8-9H2,1H3,(H2,18,23). The number of imidazole rings is 1. The van der Waals surface area contributed by atoms with Gasteiger partial charge in [-0.05, 0) is 6.92 Å². The Morgan fingerprint density at radius 1 is 1.22 bits per heavy atom. The summed E-state index contributed by atoms with van der Waals surface area (Å²) in [6, 6.07) is 12.0. The SMILES string of the molecule is Cc1ccc(-c2nc3cc4c(cc3n2CC(N)=S)OCO4)cc1. The average molecular weight is 325 g/mol. The maximum absolute atomic E-state index is 5.79. The Morgan fingerprint density at radius 3 is 2.61 bits per heavy atom. The first-order chi connectivity index (χ1) is 11.1. The topological polar surface area (TPSA) is 62.3 Å². The number of rotatable bonds is 3. The van der Waals surface area contributed by atoms with Crippen LogP contribution in [0.3, 0.4) is 0 Å². The molecule has 6 heteroatoms. The van der Waals surface area contributed by atoms with Crippen molar-refractivity contribution in [3.8, 4) is 22.9 Å². The lowest BCUT2D eigenvalue weighted by Crippen LogP contribution is -2.17. The Hall–Kier alpha value is -2.60. The molecule has 2 aromatic carbocycles. The molecule has 0 saturated carbocycles. The lowest BCUT2D eigenvalue weighted by atomic mass is 10.1. The van der Waals surface area contributed by atoms with Crippen molar-refractivity contribution in [3.05, 3.63) is 42.0 Å². The fraction of sp³-hybridized carbons (Fsp3) is 0.176. The van der Waals surface area contributed by atoms with Gasteiger partial charge in [-0.3, -0.25) is 0 Å². The molecule has 116 valence electrons. The third-order valence-corrected chi connectivity index (χ3v) is 4.00. The molecule has 0 fully saturated rings. The number of hydrogen-bond acceptors (Lipinski definition) is 4. The molecule has 0 amide bonds. The molecule has 23 heavy (non-hydrogen) atoms. The first kappa shape index (κ1) is 14.0. The first-order valence-electron chi connectivity index (χ1n) is 7.27. The Balaban J connectivity index is 1.95. The lowest BCUT2D eigenvalue weighted by Gasteiger charge is -2.08. The maximum Gasteiger partial charge on any atom is 0.231 e. The van der Waals surface area contributed by atoms with E-state index in [2.05, 4.69) is 19.1 Å². The number of nitrogens with two attached hydrogens (primary N) is 1. The van der Waals surface area contributed by atoms with E-state index in [-0.39, 0.29) is 6.79 Å². The second kappa shape index (κ2) is 5.24. The largest absolute Gasteiger partial charge is 0.454 e. The van der Waals surface area contributed by atoms with Gasteiger partial charge in [0, 0.05) is 17.7 Å². The zero-order chi connectivity index (χ0) is 16.0. The zero-order valence-corrected chi connectivity index (χ0v) is 13.4. The number of aryl methyl sites for hydroxylation is 1. The summed E-state index contributed by atoms with van der Waals surface area (Å²) < 4.78 is 12.9. The van der Waals surface area contributed by atoms with Crippen LogP contribution in [0.4, 0.5) is 0 Å². The smallest absolute Gasteiger partial charge is 0.231 e. The normalized spacial score (nSPS) is 12.7. The molecule has 0 unspecified atom stereocenters.